The van der Waals surface area contributed by atoms with Crippen LogP contribution in [0.5, 0.6) is 0 Å². The van der Waals surface area contributed by atoms with Crippen LogP contribution in [0.15, 0.2) is 53.7 Å². The van der Waals surface area contributed by atoms with Gasteiger partial charge in [-0.3, -0.25) is 0 Å². The maximum absolute atomic E-state index is 12.3. The van der Waals surface area contributed by atoms with Gasteiger partial charge >= 0.3 is 0 Å². The number of aromatic amines is 1. The van der Waals surface area contributed by atoms with E-state index in [9.17, 15) is 8.42 Å². The van der Waals surface area contributed by atoms with Crippen molar-refractivity contribution < 1.29 is 8.42 Å². The van der Waals surface area contributed by atoms with Crippen molar-refractivity contribution in [3.8, 4) is 21.7 Å². The number of thiophene rings is 1. The number of H-pyrrole nitrogens is 1. The van der Waals surface area contributed by atoms with Gasteiger partial charge in [0.05, 0.1) is 22.0 Å². The minimum atomic E-state index is -3.28. The molecule has 0 amide bonds. The van der Waals surface area contributed by atoms with Crippen LogP contribution in [0.1, 0.15) is 18.7 Å². The molecule has 1 N–H and O–H groups in total. The third-order valence-corrected chi connectivity index (χ3v) is 7.69. The van der Waals surface area contributed by atoms with Crippen LogP contribution in [0.2, 0.25) is 0 Å². The van der Waals surface area contributed by atoms with Crippen LogP contribution in [0.4, 0.5) is 0 Å². The topological polar surface area (TPSA) is 75.7 Å². The largest absolute Gasteiger partial charge is 0.344 e. The lowest BCUT2D eigenvalue weighted by atomic mass is 10.1. The van der Waals surface area contributed by atoms with Crippen LogP contribution < -0.4 is 0 Å². The van der Waals surface area contributed by atoms with Gasteiger partial charge in [0.15, 0.2) is 15.5 Å². The van der Waals surface area contributed by atoms with E-state index in [1.54, 1.807) is 55.6 Å². The number of rotatable bonds is 4. The molecule has 4 rings (SSSR count). The van der Waals surface area contributed by atoms with Crippen LogP contribution in [-0.4, -0.2) is 28.6 Å². The Bertz CT molecular complexity index is 1220. The van der Waals surface area contributed by atoms with Gasteiger partial charge in [0.1, 0.15) is 5.52 Å². The lowest BCUT2D eigenvalue weighted by Crippen LogP contribution is -2.13. The van der Waals surface area contributed by atoms with Crippen molar-refractivity contribution >= 4 is 32.3 Å². The molecule has 0 saturated heterocycles. The molecule has 5 nitrogen and oxygen atoms in total. The Hall–Kier alpha value is -2.51. The fourth-order valence-corrected chi connectivity index (χ4v) is 4.83. The summed E-state index contributed by atoms with van der Waals surface area (Å²) in [5.74, 6) is 0. The zero-order valence-electron chi connectivity index (χ0n) is 15.2. The second-order valence-electron chi connectivity index (χ2n) is 6.68. The average Bonchev–Trinajstić information content (AvgIpc) is 3.27. The molecule has 0 aliphatic carbocycles. The Labute approximate surface area is 162 Å². The van der Waals surface area contributed by atoms with Gasteiger partial charge in [0.2, 0.25) is 0 Å². The van der Waals surface area contributed by atoms with Crippen molar-refractivity contribution in [2.75, 3.05) is 0 Å². The van der Waals surface area contributed by atoms with E-state index < -0.39 is 15.1 Å². The van der Waals surface area contributed by atoms with Crippen molar-refractivity contribution in [2.45, 2.75) is 30.9 Å². The van der Waals surface area contributed by atoms with Gasteiger partial charge in [-0.05, 0) is 45.0 Å². The Morgan fingerprint density at radius 3 is 2.44 bits per heavy atom. The minimum Gasteiger partial charge on any atom is -0.344 e. The molecule has 0 aliphatic heterocycles. The molecule has 138 valence electrons. The predicted molar refractivity (Wildman–Crippen MR) is 110 cm³/mol. The summed E-state index contributed by atoms with van der Waals surface area (Å²) in [4.78, 5) is 15.1. The lowest BCUT2D eigenvalue weighted by Gasteiger charge is -2.08. The number of sulfone groups is 1. The fourth-order valence-electron chi connectivity index (χ4n) is 2.89. The highest BCUT2D eigenvalue weighted by molar-refractivity contribution is 7.92. The normalized spacial score (nSPS) is 12.1. The molecule has 0 fully saturated rings. The molecule has 0 radical (unpaired) electrons. The molecule has 0 saturated carbocycles. The molecule has 0 aliphatic rings. The summed E-state index contributed by atoms with van der Waals surface area (Å²) in [7, 11) is -3.28. The highest BCUT2D eigenvalue weighted by Gasteiger charge is 2.19. The van der Waals surface area contributed by atoms with E-state index in [1.807, 2.05) is 6.20 Å². The Morgan fingerprint density at radius 1 is 1.07 bits per heavy atom. The van der Waals surface area contributed by atoms with E-state index in [-0.39, 0.29) is 0 Å². The van der Waals surface area contributed by atoms with E-state index in [0.29, 0.717) is 10.6 Å². The number of benzene rings is 1. The van der Waals surface area contributed by atoms with E-state index in [0.717, 1.165) is 27.2 Å². The molecule has 0 spiro atoms. The first kappa shape index (κ1) is 17.9. The van der Waals surface area contributed by atoms with Gasteiger partial charge in [0.25, 0.3) is 0 Å². The Kier molecular flexibility index (Phi) is 4.36. The zero-order chi connectivity index (χ0) is 19.2. The summed E-state index contributed by atoms with van der Waals surface area (Å²) in [5.41, 5.74) is 4.12. The van der Waals surface area contributed by atoms with E-state index >= 15 is 0 Å². The standard InChI is InChI=1S/C20H19N3O2S2/c1-12(2)27(24,25)15-7-5-14(6-8-15)17-11-22-20-19(23-17)16(10-21-20)18-9-4-13(3)26-18/h4-12H,1-3H3,(H,21,22). The number of hydrogen-bond donors (Lipinski definition) is 1. The molecule has 0 unspecified atom stereocenters. The molecular formula is C20H19N3O2S2. The van der Waals surface area contributed by atoms with Crippen molar-refractivity contribution in [2.24, 2.45) is 0 Å². The van der Waals surface area contributed by atoms with Gasteiger partial charge in [0, 0.05) is 27.1 Å². The molecule has 7 heteroatoms. The number of fused-ring (bicyclic) bond motifs is 1. The number of nitrogens with one attached hydrogen (secondary N) is 1. The second-order valence-corrected chi connectivity index (χ2v) is 10.5. The smallest absolute Gasteiger partial charge is 0.180 e. The van der Waals surface area contributed by atoms with E-state index in [1.165, 1.54) is 4.88 Å². The predicted octanol–water partition coefficient (Wildman–Crippen LogP) is 4.84. The first-order chi connectivity index (χ1) is 12.9. The Balaban J connectivity index is 1.76. The highest BCUT2D eigenvalue weighted by Crippen LogP contribution is 2.33. The molecule has 3 heterocycles. The SMILES string of the molecule is Cc1ccc(-c2c[nH]c3ncc(-c4ccc(S(=O)(=O)C(C)C)cc4)nc23)s1. The van der Waals surface area contributed by atoms with Crippen LogP contribution in [0.25, 0.3) is 32.9 Å². The van der Waals surface area contributed by atoms with Gasteiger partial charge in [-0.15, -0.1) is 11.3 Å². The first-order valence-electron chi connectivity index (χ1n) is 8.61. The number of hydrogen-bond acceptors (Lipinski definition) is 5. The number of aromatic nitrogens is 3. The summed E-state index contributed by atoms with van der Waals surface area (Å²) in [6.07, 6.45) is 3.63. The highest BCUT2D eigenvalue weighted by atomic mass is 32.2. The molecule has 4 aromatic rings. The average molecular weight is 398 g/mol. The van der Waals surface area contributed by atoms with E-state index in [2.05, 4.69) is 29.0 Å². The Morgan fingerprint density at radius 2 is 1.81 bits per heavy atom. The van der Waals surface area contributed by atoms with Gasteiger partial charge < -0.3 is 4.98 Å². The van der Waals surface area contributed by atoms with Gasteiger partial charge in [-0.2, -0.15) is 0 Å². The van der Waals surface area contributed by atoms with E-state index in [4.69, 9.17) is 4.98 Å². The maximum Gasteiger partial charge on any atom is 0.180 e. The van der Waals surface area contributed by atoms with Gasteiger partial charge in [-0.1, -0.05) is 12.1 Å². The monoisotopic (exact) mass is 397 g/mol. The molecule has 27 heavy (non-hydrogen) atoms. The van der Waals surface area contributed by atoms with Crippen molar-refractivity contribution in [1.29, 1.82) is 0 Å². The summed E-state index contributed by atoms with van der Waals surface area (Å²) < 4.78 is 24.6. The number of nitrogens with zero attached hydrogens (tertiary/aromatic N) is 2. The molecule has 0 atom stereocenters. The second kappa shape index (κ2) is 6.58. The van der Waals surface area contributed by atoms with Crippen LogP contribution in [0.3, 0.4) is 0 Å². The molecule has 3 aromatic heterocycles. The summed E-state index contributed by atoms with van der Waals surface area (Å²) in [6.45, 7) is 5.44. The lowest BCUT2D eigenvalue weighted by molar-refractivity contribution is 0.587. The maximum atomic E-state index is 12.3. The molecule has 1 aromatic carbocycles. The molecule has 0 bridgehead atoms. The van der Waals surface area contributed by atoms with Crippen molar-refractivity contribution in [1.82, 2.24) is 15.0 Å². The third-order valence-electron chi connectivity index (χ3n) is 4.49. The minimum absolute atomic E-state index is 0.326. The zero-order valence-corrected chi connectivity index (χ0v) is 16.9. The quantitative estimate of drug-likeness (QED) is 0.534. The van der Waals surface area contributed by atoms with Crippen molar-refractivity contribution in [3.63, 3.8) is 0 Å². The summed E-state index contributed by atoms with van der Waals surface area (Å²) >= 11 is 1.71. The van der Waals surface area contributed by atoms with Crippen LogP contribution in [0, 0.1) is 6.92 Å². The van der Waals surface area contributed by atoms with Crippen molar-refractivity contribution in [3.05, 3.63) is 53.7 Å². The summed E-state index contributed by atoms with van der Waals surface area (Å²) in [5, 5.41) is -0.448. The number of aryl methyl sites for hydroxylation is 1. The fraction of sp³-hybridized carbons (Fsp3) is 0.200. The summed E-state index contributed by atoms with van der Waals surface area (Å²) in [6, 6.07) is 11.0. The van der Waals surface area contributed by atoms with Crippen LogP contribution >= 0.6 is 11.3 Å². The van der Waals surface area contributed by atoms with Crippen LogP contribution in [-0.2, 0) is 9.84 Å². The molecular weight excluding hydrogens is 378 g/mol. The first-order valence-corrected chi connectivity index (χ1v) is 11.0. The van der Waals surface area contributed by atoms with Gasteiger partial charge in [-0.25, -0.2) is 18.4 Å². The third kappa shape index (κ3) is 3.17.